The van der Waals surface area contributed by atoms with E-state index in [1.807, 2.05) is 31.1 Å². The second-order valence-electron chi connectivity index (χ2n) is 6.64. The molecule has 144 valence electrons. The van der Waals surface area contributed by atoms with Gasteiger partial charge in [-0.1, -0.05) is 0 Å². The molecule has 3 aromatic rings. The summed E-state index contributed by atoms with van der Waals surface area (Å²) in [6, 6.07) is 14.4. The van der Waals surface area contributed by atoms with Crippen LogP contribution in [0.15, 0.2) is 59.4 Å². The molecule has 0 unspecified atom stereocenters. The normalized spacial score (nSPS) is 10.6. The van der Waals surface area contributed by atoms with Gasteiger partial charge in [0.2, 0.25) is 5.91 Å². The van der Waals surface area contributed by atoms with Crippen LogP contribution in [0.25, 0.3) is 11.4 Å². The highest BCUT2D eigenvalue weighted by Gasteiger charge is 2.13. The molecule has 0 radical (unpaired) electrons. The van der Waals surface area contributed by atoms with Crippen LogP contribution >= 0.6 is 0 Å². The largest absolute Gasteiger partial charge is 0.378 e. The van der Waals surface area contributed by atoms with E-state index in [9.17, 15) is 14.0 Å². The number of aromatic nitrogens is 2. The minimum Gasteiger partial charge on any atom is -0.378 e. The first-order chi connectivity index (χ1) is 13.3. The third-order valence-corrected chi connectivity index (χ3v) is 4.21. The van der Waals surface area contributed by atoms with Crippen molar-refractivity contribution < 1.29 is 9.18 Å². The summed E-state index contributed by atoms with van der Waals surface area (Å²) in [5.41, 5.74) is 2.39. The summed E-state index contributed by atoms with van der Waals surface area (Å²) in [4.78, 5) is 31.3. The molecule has 0 saturated heterocycles. The van der Waals surface area contributed by atoms with Gasteiger partial charge in [-0.2, -0.15) is 0 Å². The predicted molar refractivity (Wildman–Crippen MR) is 108 cm³/mol. The topological polar surface area (TPSA) is 67.2 Å². The van der Waals surface area contributed by atoms with Gasteiger partial charge < -0.3 is 10.2 Å². The van der Waals surface area contributed by atoms with Crippen LogP contribution in [0.3, 0.4) is 0 Å². The van der Waals surface area contributed by atoms with E-state index in [4.69, 9.17) is 0 Å². The molecule has 0 spiro atoms. The molecule has 0 bridgehead atoms. The lowest BCUT2D eigenvalue weighted by Gasteiger charge is -2.14. The number of nitrogens with zero attached hydrogens (tertiary/aromatic N) is 3. The molecule has 0 saturated carbocycles. The van der Waals surface area contributed by atoms with Gasteiger partial charge >= 0.3 is 0 Å². The molecule has 0 aliphatic rings. The van der Waals surface area contributed by atoms with Gasteiger partial charge in [0.05, 0.1) is 0 Å². The predicted octanol–water partition coefficient (Wildman–Crippen LogP) is 3.06. The Hall–Kier alpha value is -3.48. The summed E-state index contributed by atoms with van der Waals surface area (Å²) in [6.45, 7) is 1.50. The lowest BCUT2D eigenvalue weighted by molar-refractivity contribution is -0.116. The molecule has 1 N–H and O–H groups in total. The van der Waals surface area contributed by atoms with Crippen LogP contribution in [0.2, 0.25) is 0 Å². The van der Waals surface area contributed by atoms with E-state index < -0.39 is 0 Å². The molecule has 0 fully saturated rings. The Morgan fingerprint density at radius 1 is 1.11 bits per heavy atom. The Balaban J connectivity index is 1.86. The summed E-state index contributed by atoms with van der Waals surface area (Å²) >= 11 is 0. The van der Waals surface area contributed by atoms with Crippen LogP contribution in [0.4, 0.5) is 15.8 Å². The number of carbonyl (C=O) groups excluding carboxylic acids is 1. The van der Waals surface area contributed by atoms with Gasteiger partial charge in [-0.15, -0.1) is 0 Å². The molecule has 7 heteroatoms. The number of rotatable bonds is 5. The highest BCUT2D eigenvalue weighted by atomic mass is 19.1. The molecule has 28 heavy (non-hydrogen) atoms. The molecule has 3 rings (SSSR count). The van der Waals surface area contributed by atoms with E-state index in [0.717, 1.165) is 5.69 Å². The standard InChI is InChI=1S/C21H21FN4O2/c1-14-12-20(28)26(21(23-14)15-4-6-16(22)7-5-15)13-19(27)24-17-8-10-18(11-9-17)25(2)3/h4-12H,13H2,1-3H3,(H,24,27). The van der Waals surface area contributed by atoms with Gasteiger partial charge in [-0.05, 0) is 55.5 Å². The van der Waals surface area contributed by atoms with Crippen LogP contribution in [-0.2, 0) is 11.3 Å². The van der Waals surface area contributed by atoms with Gasteiger partial charge in [0.1, 0.15) is 18.2 Å². The molecule has 0 atom stereocenters. The fraction of sp³-hybridized carbons (Fsp3) is 0.190. The van der Waals surface area contributed by atoms with Crippen LogP contribution in [-0.4, -0.2) is 29.6 Å². The Morgan fingerprint density at radius 2 is 1.75 bits per heavy atom. The van der Waals surface area contributed by atoms with Crippen molar-refractivity contribution in [2.24, 2.45) is 0 Å². The Morgan fingerprint density at radius 3 is 2.36 bits per heavy atom. The SMILES string of the molecule is Cc1cc(=O)n(CC(=O)Nc2ccc(N(C)C)cc2)c(-c2ccc(F)cc2)n1. The van der Waals surface area contributed by atoms with E-state index >= 15 is 0 Å². The van der Waals surface area contributed by atoms with Gasteiger partial charge in [-0.3, -0.25) is 14.2 Å². The van der Waals surface area contributed by atoms with Crippen LogP contribution in [0.5, 0.6) is 0 Å². The van der Waals surface area contributed by atoms with Crippen molar-refractivity contribution in [1.82, 2.24) is 9.55 Å². The minimum atomic E-state index is -0.385. The number of hydrogen-bond acceptors (Lipinski definition) is 4. The van der Waals surface area contributed by atoms with Crippen LogP contribution in [0.1, 0.15) is 5.69 Å². The van der Waals surface area contributed by atoms with Crippen molar-refractivity contribution in [1.29, 1.82) is 0 Å². The number of carbonyl (C=O) groups is 1. The van der Waals surface area contributed by atoms with E-state index in [-0.39, 0.29) is 23.8 Å². The number of halogens is 1. The smallest absolute Gasteiger partial charge is 0.254 e. The monoisotopic (exact) mass is 380 g/mol. The van der Waals surface area contributed by atoms with E-state index in [1.54, 1.807) is 19.1 Å². The van der Waals surface area contributed by atoms with E-state index in [1.165, 1.54) is 34.9 Å². The summed E-state index contributed by atoms with van der Waals surface area (Å²) in [5.74, 6) is -0.416. The lowest BCUT2D eigenvalue weighted by atomic mass is 10.2. The number of hydrogen-bond donors (Lipinski definition) is 1. The third-order valence-electron chi connectivity index (χ3n) is 4.21. The quantitative estimate of drug-likeness (QED) is 0.739. The summed E-state index contributed by atoms with van der Waals surface area (Å²) < 4.78 is 14.5. The molecular formula is C21H21FN4O2. The molecule has 1 amide bonds. The van der Waals surface area contributed by atoms with Crippen molar-refractivity contribution in [3.05, 3.63) is 76.5 Å². The number of aryl methyl sites for hydroxylation is 1. The first-order valence-corrected chi connectivity index (χ1v) is 8.75. The van der Waals surface area contributed by atoms with Gasteiger partial charge in [0.15, 0.2) is 0 Å². The third kappa shape index (κ3) is 4.43. The first kappa shape index (κ1) is 19.3. The van der Waals surface area contributed by atoms with Gasteiger partial charge in [0.25, 0.3) is 5.56 Å². The van der Waals surface area contributed by atoms with E-state index in [2.05, 4.69) is 10.3 Å². The highest BCUT2D eigenvalue weighted by molar-refractivity contribution is 5.91. The van der Waals surface area contributed by atoms with E-state index in [0.29, 0.717) is 22.8 Å². The first-order valence-electron chi connectivity index (χ1n) is 8.75. The average Bonchev–Trinajstić information content (AvgIpc) is 2.65. The maximum Gasteiger partial charge on any atom is 0.254 e. The zero-order chi connectivity index (χ0) is 20.3. The number of anilines is 2. The maximum absolute atomic E-state index is 13.2. The van der Waals surface area contributed by atoms with Crippen molar-refractivity contribution in [2.45, 2.75) is 13.5 Å². The minimum absolute atomic E-state index is 0.200. The van der Waals surface area contributed by atoms with Crippen molar-refractivity contribution in [3.8, 4) is 11.4 Å². The average molecular weight is 380 g/mol. The number of nitrogens with one attached hydrogen (secondary N) is 1. The zero-order valence-electron chi connectivity index (χ0n) is 15.9. The van der Waals surface area contributed by atoms with Crippen molar-refractivity contribution >= 4 is 17.3 Å². The molecule has 0 aliphatic carbocycles. The fourth-order valence-corrected chi connectivity index (χ4v) is 2.78. The van der Waals surface area contributed by atoms with Crippen LogP contribution in [0, 0.1) is 12.7 Å². The molecule has 6 nitrogen and oxygen atoms in total. The van der Waals surface area contributed by atoms with Crippen molar-refractivity contribution in [3.63, 3.8) is 0 Å². The molecule has 1 aromatic heterocycles. The zero-order valence-corrected chi connectivity index (χ0v) is 15.9. The Labute approximate surface area is 162 Å². The fourth-order valence-electron chi connectivity index (χ4n) is 2.78. The summed E-state index contributed by atoms with van der Waals surface area (Å²) in [7, 11) is 3.86. The second kappa shape index (κ2) is 8.04. The molecular weight excluding hydrogens is 359 g/mol. The van der Waals surface area contributed by atoms with Crippen molar-refractivity contribution in [2.75, 3.05) is 24.3 Å². The van der Waals surface area contributed by atoms with Gasteiger partial charge in [0, 0.05) is 42.8 Å². The molecule has 2 aromatic carbocycles. The highest BCUT2D eigenvalue weighted by Crippen LogP contribution is 2.18. The lowest BCUT2D eigenvalue weighted by Crippen LogP contribution is -2.29. The Kier molecular flexibility index (Phi) is 5.54. The maximum atomic E-state index is 13.2. The number of amides is 1. The van der Waals surface area contributed by atoms with Gasteiger partial charge in [-0.25, -0.2) is 9.37 Å². The van der Waals surface area contributed by atoms with Crippen LogP contribution < -0.4 is 15.8 Å². The number of benzene rings is 2. The Bertz CT molecular complexity index is 1040. The molecule has 1 heterocycles. The second-order valence-corrected chi connectivity index (χ2v) is 6.64. The molecule has 0 aliphatic heterocycles. The summed E-state index contributed by atoms with van der Waals surface area (Å²) in [6.07, 6.45) is 0. The summed E-state index contributed by atoms with van der Waals surface area (Å²) in [5, 5.41) is 2.78.